The van der Waals surface area contributed by atoms with Crippen LogP contribution in [0.3, 0.4) is 0 Å². The Morgan fingerprint density at radius 1 is 1.00 bits per heavy atom. The van der Waals surface area contributed by atoms with E-state index >= 15 is 0 Å². The molecule has 2 nitrogen and oxygen atoms in total. The lowest BCUT2D eigenvalue weighted by Crippen LogP contribution is -2.38. The van der Waals surface area contributed by atoms with E-state index in [4.69, 9.17) is 0 Å². The zero-order chi connectivity index (χ0) is 11.0. The third-order valence-electron chi connectivity index (χ3n) is 5.33. The quantitative estimate of drug-likeness (QED) is 0.770. The molecule has 0 spiro atoms. The number of hydrogen-bond donors (Lipinski definition) is 1. The van der Waals surface area contributed by atoms with Crippen molar-refractivity contribution in [2.24, 2.45) is 17.8 Å². The summed E-state index contributed by atoms with van der Waals surface area (Å²) in [5.41, 5.74) is 0. The number of nitrogens with one attached hydrogen (secondary N) is 1. The molecule has 1 N–H and O–H groups in total. The molecule has 3 aliphatic rings. The fraction of sp³-hybridized carbons (Fsp3) is 1.00. The maximum absolute atomic E-state index is 3.54. The van der Waals surface area contributed by atoms with Crippen LogP contribution in [-0.4, -0.2) is 37.1 Å². The summed E-state index contributed by atoms with van der Waals surface area (Å²) in [6.45, 7) is 7.70. The highest BCUT2D eigenvalue weighted by Crippen LogP contribution is 2.34. The Morgan fingerprint density at radius 3 is 2.19 bits per heavy atom. The van der Waals surface area contributed by atoms with E-state index in [1.54, 1.807) is 0 Å². The third kappa shape index (κ3) is 2.02. The van der Waals surface area contributed by atoms with Crippen LogP contribution >= 0.6 is 0 Å². The Labute approximate surface area is 99.8 Å². The fourth-order valence-corrected chi connectivity index (χ4v) is 4.11. The highest BCUT2D eigenvalue weighted by Gasteiger charge is 2.39. The summed E-state index contributed by atoms with van der Waals surface area (Å²) < 4.78 is 0. The second-order valence-corrected chi connectivity index (χ2v) is 6.22. The van der Waals surface area contributed by atoms with Crippen LogP contribution in [0, 0.1) is 17.8 Å². The molecule has 3 fully saturated rings. The summed E-state index contributed by atoms with van der Waals surface area (Å²) in [5, 5.41) is 3.54. The Hall–Kier alpha value is -0.0800. The lowest BCUT2D eigenvalue weighted by atomic mass is 9.84. The molecule has 2 saturated heterocycles. The van der Waals surface area contributed by atoms with Crippen molar-refractivity contribution >= 4 is 0 Å². The van der Waals surface area contributed by atoms with E-state index in [0.717, 1.165) is 23.8 Å². The molecule has 1 aliphatic carbocycles. The van der Waals surface area contributed by atoms with Gasteiger partial charge in [-0.3, -0.25) is 4.90 Å². The highest BCUT2D eigenvalue weighted by molar-refractivity contribution is 4.94. The zero-order valence-electron chi connectivity index (χ0n) is 10.6. The number of hydrogen-bond acceptors (Lipinski definition) is 2. The van der Waals surface area contributed by atoms with E-state index in [0.29, 0.717) is 0 Å². The molecule has 0 bridgehead atoms. The number of likely N-dealkylation sites (tertiary alicyclic amines) is 1. The molecule has 0 amide bonds. The Bertz CT molecular complexity index is 221. The largest absolute Gasteiger partial charge is 0.316 e. The second kappa shape index (κ2) is 4.66. The van der Waals surface area contributed by atoms with E-state index in [1.807, 2.05) is 0 Å². The van der Waals surface area contributed by atoms with Gasteiger partial charge in [0.2, 0.25) is 0 Å². The first-order valence-corrected chi connectivity index (χ1v) is 7.31. The molecule has 92 valence electrons. The third-order valence-corrected chi connectivity index (χ3v) is 5.33. The van der Waals surface area contributed by atoms with Crippen molar-refractivity contribution in [2.75, 3.05) is 26.2 Å². The van der Waals surface area contributed by atoms with Gasteiger partial charge in [0.15, 0.2) is 0 Å². The molecule has 0 aromatic rings. The van der Waals surface area contributed by atoms with Crippen molar-refractivity contribution in [2.45, 2.75) is 45.1 Å². The molecule has 1 saturated carbocycles. The summed E-state index contributed by atoms with van der Waals surface area (Å²) in [4.78, 5) is 2.82. The Kier molecular flexibility index (Phi) is 3.21. The first-order valence-electron chi connectivity index (χ1n) is 7.31. The molecule has 2 heteroatoms. The van der Waals surface area contributed by atoms with Crippen LogP contribution in [0.4, 0.5) is 0 Å². The van der Waals surface area contributed by atoms with Crippen LogP contribution in [0.2, 0.25) is 0 Å². The van der Waals surface area contributed by atoms with Crippen LogP contribution in [0.5, 0.6) is 0 Å². The number of fused-ring (bicyclic) bond motifs is 1. The Morgan fingerprint density at radius 2 is 1.62 bits per heavy atom. The van der Waals surface area contributed by atoms with E-state index in [9.17, 15) is 0 Å². The molecule has 3 rings (SSSR count). The van der Waals surface area contributed by atoms with E-state index in [-0.39, 0.29) is 0 Å². The van der Waals surface area contributed by atoms with Gasteiger partial charge in [0.1, 0.15) is 0 Å². The van der Waals surface area contributed by atoms with Gasteiger partial charge in [-0.05, 0) is 56.5 Å². The van der Waals surface area contributed by atoms with Crippen molar-refractivity contribution < 1.29 is 0 Å². The number of rotatable bonds is 2. The molecule has 0 aromatic carbocycles. The minimum Gasteiger partial charge on any atom is -0.316 e. The summed E-state index contributed by atoms with van der Waals surface area (Å²) in [5.74, 6) is 2.99. The maximum Gasteiger partial charge on any atom is 0.00957 e. The van der Waals surface area contributed by atoms with E-state index in [2.05, 4.69) is 17.1 Å². The molecule has 0 radical (unpaired) electrons. The van der Waals surface area contributed by atoms with Gasteiger partial charge < -0.3 is 5.32 Å². The molecule has 2 aliphatic heterocycles. The van der Waals surface area contributed by atoms with Crippen molar-refractivity contribution in [3.8, 4) is 0 Å². The average Bonchev–Trinajstić information content (AvgIpc) is 2.89. The van der Waals surface area contributed by atoms with Crippen LogP contribution in [0.15, 0.2) is 0 Å². The van der Waals surface area contributed by atoms with Crippen molar-refractivity contribution in [3.63, 3.8) is 0 Å². The van der Waals surface area contributed by atoms with Gasteiger partial charge in [-0.25, -0.2) is 0 Å². The van der Waals surface area contributed by atoms with Gasteiger partial charge in [0.05, 0.1) is 0 Å². The molecule has 0 aromatic heterocycles. The molecule has 2 heterocycles. The second-order valence-electron chi connectivity index (χ2n) is 6.22. The summed E-state index contributed by atoms with van der Waals surface area (Å²) in [6.07, 6.45) is 7.34. The molecular formula is C14H26N2. The van der Waals surface area contributed by atoms with Crippen LogP contribution in [-0.2, 0) is 0 Å². The van der Waals surface area contributed by atoms with E-state index in [1.165, 1.54) is 58.3 Å². The number of nitrogens with zero attached hydrogens (tertiary/aromatic N) is 1. The topological polar surface area (TPSA) is 15.3 Å². The molecule has 16 heavy (non-hydrogen) atoms. The van der Waals surface area contributed by atoms with Crippen molar-refractivity contribution in [1.29, 1.82) is 0 Å². The monoisotopic (exact) mass is 222 g/mol. The average molecular weight is 222 g/mol. The fourth-order valence-electron chi connectivity index (χ4n) is 4.11. The van der Waals surface area contributed by atoms with Gasteiger partial charge in [-0.15, -0.1) is 0 Å². The van der Waals surface area contributed by atoms with Crippen LogP contribution in [0.25, 0.3) is 0 Å². The predicted molar refractivity (Wildman–Crippen MR) is 67.5 cm³/mol. The van der Waals surface area contributed by atoms with Gasteiger partial charge in [-0.1, -0.05) is 13.3 Å². The summed E-state index contributed by atoms with van der Waals surface area (Å²) in [6, 6.07) is 0.938. The predicted octanol–water partition coefficient (Wildman–Crippen LogP) is 2.11. The molecule has 0 unspecified atom stereocenters. The van der Waals surface area contributed by atoms with Crippen LogP contribution < -0.4 is 5.32 Å². The maximum atomic E-state index is 3.54. The zero-order valence-corrected chi connectivity index (χ0v) is 10.6. The minimum absolute atomic E-state index is 0.938. The smallest absolute Gasteiger partial charge is 0.00957 e. The lowest BCUT2D eigenvalue weighted by molar-refractivity contribution is 0.154. The van der Waals surface area contributed by atoms with Crippen molar-refractivity contribution in [3.05, 3.63) is 0 Å². The lowest BCUT2D eigenvalue weighted by Gasteiger charge is -2.34. The standard InChI is InChI=1S/C14H26N2/c1-2-11-3-5-14(6-4-11)16-9-12-7-15-8-13(12)10-16/h11-15H,2-10H2,1H3/t11?,12-,13+,14?. The first kappa shape index (κ1) is 11.0. The normalized spacial score (nSPS) is 44.8. The Balaban J connectivity index is 1.52. The van der Waals surface area contributed by atoms with Gasteiger partial charge >= 0.3 is 0 Å². The highest BCUT2D eigenvalue weighted by atomic mass is 15.2. The van der Waals surface area contributed by atoms with E-state index < -0.39 is 0 Å². The molecule has 2 atom stereocenters. The SMILES string of the molecule is CCC1CCC(N2C[C@H]3CNC[C@H]3C2)CC1. The summed E-state index contributed by atoms with van der Waals surface area (Å²) in [7, 11) is 0. The minimum atomic E-state index is 0.938. The van der Waals surface area contributed by atoms with Crippen molar-refractivity contribution in [1.82, 2.24) is 10.2 Å². The van der Waals surface area contributed by atoms with Gasteiger partial charge in [0, 0.05) is 19.1 Å². The van der Waals surface area contributed by atoms with Gasteiger partial charge in [0.25, 0.3) is 0 Å². The van der Waals surface area contributed by atoms with Gasteiger partial charge in [-0.2, -0.15) is 0 Å². The molecular weight excluding hydrogens is 196 g/mol. The first-order chi connectivity index (χ1) is 7.86. The summed E-state index contributed by atoms with van der Waals surface area (Å²) >= 11 is 0. The van der Waals surface area contributed by atoms with Crippen LogP contribution in [0.1, 0.15) is 39.0 Å².